The van der Waals surface area contributed by atoms with Crippen molar-refractivity contribution in [2.75, 3.05) is 7.05 Å². The van der Waals surface area contributed by atoms with E-state index in [4.69, 9.17) is 5.73 Å². The van der Waals surface area contributed by atoms with Gasteiger partial charge in [-0.1, -0.05) is 24.3 Å². The molecule has 2 unspecified atom stereocenters. The minimum absolute atomic E-state index is 0.0863. The number of aryl methyl sites for hydroxylation is 1. The van der Waals surface area contributed by atoms with Gasteiger partial charge < -0.3 is 5.73 Å². The normalized spacial score (nSPS) is 14.5. The number of halogens is 1. The summed E-state index contributed by atoms with van der Waals surface area (Å²) in [5.41, 5.74) is 10.2. The molecule has 2 N–H and O–H groups in total. The molecule has 2 aromatic rings. The van der Waals surface area contributed by atoms with Crippen molar-refractivity contribution in [1.82, 2.24) is 4.90 Å². The lowest BCUT2D eigenvalue weighted by molar-refractivity contribution is 0.210. The highest BCUT2D eigenvalue weighted by Crippen LogP contribution is 2.28. The van der Waals surface area contributed by atoms with E-state index in [9.17, 15) is 0 Å². The lowest BCUT2D eigenvalue weighted by atomic mass is 9.95. The highest BCUT2D eigenvalue weighted by Gasteiger charge is 2.22. The van der Waals surface area contributed by atoms with Crippen LogP contribution in [0.4, 0.5) is 0 Å². The summed E-state index contributed by atoms with van der Waals surface area (Å²) in [7, 11) is 2.14. The molecule has 108 valence electrons. The van der Waals surface area contributed by atoms with E-state index in [1.165, 1.54) is 20.5 Å². The number of nitrogens with two attached hydrogens (primary N) is 1. The lowest BCUT2D eigenvalue weighted by Crippen LogP contribution is -2.37. The molecule has 0 saturated heterocycles. The molecular weight excluding hydrogens is 332 g/mol. The van der Waals surface area contributed by atoms with Gasteiger partial charge in [-0.2, -0.15) is 0 Å². The summed E-state index contributed by atoms with van der Waals surface area (Å²) in [5, 5.41) is 2.19. The Morgan fingerprint density at radius 2 is 2.05 bits per heavy atom. The predicted octanol–water partition coefficient (Wildman–Crippen LogP) is 4.34. The van der Waals surface area contributed by atoms with Crippen LogP contribution in [-0.4, -0.2) is 18.0 Å². The smallest absolute Gasteiger partial charge is 0.0701 e. The second-order valence-electron chi connectivity index (χ2n) is 5.33. The minimum Gasteiger partial charge on any atom is -0.326 e. The van der Waals surface area contributed by atoms with Gasteiger partial charge in [0, 0.05) is 18.6 Å². The summed E-state index contributed by atoms with van der Waals surface area (Å²) in [5.74, 6) is 0. The molecule has 0 spiro atoms. The number of likely N-dealkylation sites (N-methyl/N-ethyl adjacent to an activating group) is 1. The fraction of sp³-hybridized carbons (Fsp3) is 0.375. The van der Waals surface area contributed by atoms with Gasteiger partial charge in [-0.05, 0) is 65.0 Å². The first-order chi connectivity index (χ1) is 9.49. The zero-order valence-electron chi connectivity index (χ0n) is 12.1. The number of hydrogen-bond donors (Lipinski definition) is 1. The van der Waals surface area contributed by atoms with Crippen LogP contribution in [0.3, 0.4) is 0 Å². The van der Waals surface area contributed by atoms with Crippen LogP contribution in [0.25, 0.3) is 0 Å². The molecule has 0 aliphatic rings. The van der Waals surface area contributed by atoms with E-state index in [1.54, 1.807) is 11.3 Å². The molecule has 1 aromatic heterocycles. The van der Waals surface area contributed by atoms with Gasteiger partial charge in [0.1, 0.15) is 0 Å². The lowest BCUT2D eigenvalue weighted by Gasteiger charge is -2.32. The number of nitrogens with zero attached hydrogens (tertiary/aromatic N) is 1. The van der Waals surface area contributed by atoms with Crippen LogP contribution in [0.15, 0.2) is 39.5 Å². The molecule has 1 heterocycles. The molecule has 2 rings (SSSR count). The topological polar surface area (TPSA) is 29.3 Å². The van der Waals surface area contributed by atoms with Gasteiger partial charge in [0.2, 0.25) is 0 Å². The molecule has 0 aliphatic heterocycles. The van der Waals surface area contributed by atoms with E-state index < -0.39 is 0 Å². The second-order valence-corrected chi connectivity index (χ2v) is 7.63. The summed E-state index contributed by atoms with van der Waals surface area (Å²) < 4.78 is 1.18. The molecule has 2 nitrogen and oxygen atoms in total. The van der Waals surface area contributed by atoms with E-state index in [-0.39, 0.29) is 12.1 Å². The number of thiophene rings is 1. The largest absolute Gasteiger partial charge is 0.326 e. The SMILES string of the molecule is Cc1ccccc1C(C(C)N)N(C)Cc1csc(Br)c1. The number of hydrogen-bond acceptors (Lipinski definition) is 3. The third kappa shape index (κ3) is 3.70. The molecule has 0 radical (unpaired) electrons. The quantitative estimate of drug-likeness (QED) is 0.866. The Morgan fingerprint density at radius 3 is 2.60 bits per heavy atom. The Kier molecular flexibility index (Phi) is 5.38. The molecule has 0 saturated carbocycles. The van der Waals surface area contributed by atoms with Crippen molar-refractivity contribution >= 4 is 27.3 Å². The fourth-order valence-corrected chi connectivity index (χ4v) is 3.86. The summed E-state index contributed by atoms with van der Waals surface area (Å²) in [4.78, 5) is 2.33. The van der Waals surface area contributed by atoms with Crippen LogP contribution in [0.2, 0.25) is 0 Å². The van der Waals surface area contributed by atoms with E-state index >= 15 is 0 Å². The molecule has 0 fully saturated rings. The Balaban J connectivity index is 2.22. The third-order valence-corrected chi connectivity index (χ3v) is 5.09. The fourth-order valence-electron chi connectivity index (χ4n) is 2.66. The zero-order chi connectivity index (χ0) is 14.7. The molecule has 20 heavy (non-hydrogen) atoms. The minimum atomic E-state index is 0.0863. The van der Waals surface area contributed by atoms with E-state index in [0.29, 0.717) is 0 Å². The van der Waals surface area contributed by atoms with Gasteiger partial charge in [0.05, 0.1) is 3.79 Å². The zero-order valence-corrected chi connectivity index (χ0v) is 14.5. The van der Waals surface area contributed by atoms with Crippen molar-refractivity contribution in [3.8, 4) is 0 Å². The van der Waals surface area contributed by atoms with E-state index in [1.807, 2.05) is 0 Å². The second kappa shape index (κ2) is 6.85. The third-order valence-electron chi connectivity index (χ3n) is 3.53. The Hall–Kier alpha value is -0.680. The van der Waals surface area contributed by atoms with Crippen LogP contribution in [0.5, 0.6) is 0 Å². The van der Waals surface area contributed by atoms with Gasteiger partial charge >= 0.3 is 0 Å². The van der Waals surface area contributed by atoms with E-state index in [0.717, 1.165) is 6.54 Å². The van der Waals surface area contributed by atoms with Crippen LogP contribution >= 0.6 is 27.3 Å². The monoisotopic (exact) mass is 352 g/mol. The number of benzene rings is 1. The molecule has 1 aromatic carbocycles. The summed E-state index contributed by atoms with van der Waals surface area (Å²) in [6.45, 7) is 5.14. The maximum atomic E-state index is 6.25. The average molecular weight is 353 g/mol. The molecule has 0 amide bonds. The maximum absolute atomic E-state index is 6.25. The molecule has 0 aliphatic carbocycles. The van der Waals surface area contributed by atoms with Gasteiger partial charge in [0.15, 0.2) is 0 Å². The molecule has 0 bridgehead atoms. The first-order valence-corrected chi connectivity index (χ1v) is 8.40. The van der Waals surface area contributed by atoms with Gasteiger partial charge in [0.25, 0.3) is 0 Å². The standard InChI is InChI=1S/C16H21BrN2S/c1-11-6-4-5-7-14(11)16(12(2)18)19(3)9-13-8-15(17)20-10-13/h4-8,10,12,16H,9,18H2,1-3H3. The van der Waals surface area contributed by atoms with Crippen LogP contribution < -0.4 is 5.73 Å². The molecule has 2 atom stereocenters. The van der Waals surface area contributed by atoms with Gasteiger partial charge in [-0.15, -0.1) is 11.3 Å². The first-order valence-electron chi connectivity index (χ1n) is 6.73. The summed E-state index contributed by atoms with van der Waals surface area (Å²) >= 11 is 5.24. The van der Waals surface area contributed by atoms with E-state index in [2.05, 4.69) is 77.4 Å². The molecular formula is C16H21BrN2S. The van der Waals surface area contributed by atoms with Crippen molar-refractivity contribution in [2.45, 2.75) is 32.5 Å². The first kappa shape index (κ1) is 15.7. The highest BCUT2D eigenvalue weighted by atomic mass is 79.9. The number of rotatable bonds is 5. The van der Waals surface area contributed by atoms with Gasteiger partial charge in [-0.3, -0.25) is 4.90 Å². The van der Waals surface area contributed by atoms with Gasteiger partial charge in [-0.25, -0.2) is 0 Å². The van der Waals surface area contributed by atoms with Crippen LogP contribution in [0, 0.1) is 6.92 Å². The van der Waals surface area contributed by atoms with Crippen molar-refractivity contribution in [1.29, 1.82) is 0 Å². The highest BCUT2D eigenvalue weighted by molar-refractivity contribution is 9.11. The Bertz CT molecular complexity index is 565. The van der Waals surface area contributed by atoms with Crippen molar-refractivity contribution in [2.24, 2.45) is 5.73 Å². The van der Waals surface area contributed by atoms with Crippen LogP contribution in [-0.2, 0) is 6.54 Å². The summed E-state index contributed by atoms with van der Waals surface area (Å²) in [6, 6.07) is 11.0. The van der Waals surface area contributed by atoms with Crippen molar-refractivity contribution in [3.05, 3.63) is 56.2 Å². The molecule has 4 heteroatoms. The average Bonchev–Trinajstić information content (AvgIpc) is 2.77. The summed E-state index contributed by atoms with van der Waals surface area (Å²) in [6.07, 6.45) is 0. The van der Waals surface area contributed by atoms with Crippen molar-refractivity contribution in [3.63, 3.8) is 0 Å². The van der Waals surface area contributed by atoms with Crippen molar-refractivity contribution < 1.29 is 0 Å². The maximum Gasteiger partial charge on any atom is 0.0701 e. The predicted molar refractivity (Wildman–Crippen MR) is 91.1 cm³/mol. The van der Waals surface area contributed by atoms with Crippen LogP contribution in [0.1, 0.15) is 29.7 Å². The Labute approximate surface area is 133 Å². The Morgan fingerprint density at radius 1 is 1.35 bits per heavy atom.